The summed E-state index contributed by atoms with van der Waals surface area (Å²) in [5.74, 6) is 0.155. The standard InChI is InChI=1S/C17H22N4O3/c1-11-5-6-15(24-4)13(9-11)19-16(22)7-8-18-17(23)14-10-12(2)20-21(14)3/h5-6,9-10H,7-8H2,1-4H3,(H,18,23)(H,19,22). The number of aryl methyl sites for hydroxylation is 3. The van der Waals surface area contributed by atoms with Crippen LogP contribution in [0.5, 0.6) is 5.75 Å². The minimum atomic E-state index is -0.251. The summed E-state index contributed by atoms with van der Waals surface area (Å²) in [6.45, 7) is 3.99. The van der Waals surface area contributed by atoms with Crippen LogP contribution in [0.1, 0.15) is 28.2 Å². The van der Waals surface area contributed by atoms with E-state index in [0.717, 1.165) is 11.3 Å². The van der Waals surface area contributed by atoms with Gasteiger partial charge >= 0.3 is 0 Å². The van der Waals surface area contributed by atoms with Gasteiger partial charge in [-0.2, -0.15) is 5.10 Å². The monoisotopic (exact) mass is 330 g/mol. The molecule has 24 heavy (non-hydrogen) atoms. The lowest BCUT2D eigenvalue weighted by Gasteiger charge is -2.11. The van der Waals surface area contributed by atoms with Crippen LogP contribution in [0.2, 0.25) is 0 Å². The number of ether oxygens (including phenoxy) is 1. The average Bonchev–Trinajstić information content (AvgIpc) is 2.86. The molecule has 2 N–H and O–H groups in total. The maximum absolute atomic E-state index is 12.0. The van der Waals surface area contributed by atoms with Crippen molar-refractivity contribution in [3.8, 4) is 5.75 Å². The van der Waals surface area contributed by atoms with E-state index in [4.69, 9.17) is 4.74 Å². The molecular formula is C17H22N4O3. The summed E-state index contributed by atoms with van der Waals surface area (Å²) >= 11 is 0. The van der Waals surface area contributed by atoms with Crippen molar-refractivity contribution in [2.24, 2.45) is 7.05 Å². The SMILES string of the molecule is COc1ccc(C)cc1NC(=O)CCNC(=O)c1cc(C)nn1C. The summed E-state index contributed by atoms with van der Waals surface area (Å²) in [5.41, 5.74) is 2.88. The zero-order chi connectivity index (χ0) is 17.7. The molecule has 1 aromatic carbocycles. The van der Waals surface area contributed by atoms with E-state index in [1.807, 2.05) is 26.0 Å². The van der Waals surface area contributed by atoms with E-state index in [1.165, 1.54) is 4.68 Å². The van der Waals surface area contributed by atoms with Gasteiger partial charge in [-0.25, -0.2) is 0 Å². The smallest absolute Gasteiger partial charge is 0.269 e. The molecule has 2 aromatic rings. The van der Waals surface area contributed by atoms with Crippen molar-refractivity contribution in [1.82, 2.24) is 15.1 Å². The van der Waals surface area contributed by atoms with Crippen LogP contribution in [0.25, 0.3) is 0 Å². The molecule has 2 amide bonds. The Morgan fingerprint density at radius 3 is 2.62 bits per heavy atom. The molecule has 7 nitrogen and oxygen atoms in total. The summed E-state index contributed by atoms with van der Waals surface area (Å²) in [5, 5.41) is 9.64. The number of aromatic nitrogens is 2. The van der Waals surface area contributed by atoms with Gasteiger partial charge in [0, 0.05) is 20.0 Å². The average molecular weight is 330 g/mol. The molecule has 0 bridgehead atoms. The van der Waals surface area contributed by atoms with E-state index in [-0.39, 0.29) is 24.8 Å². The van der Waals surface area contributed by atoms with Gasteiger partial charge in [-0.15, -0.1) is 0 Å². The third-order valence-corrected chi connectivity index (χ3v) is 3.50. The number of amides is 2. The van der Waals surface area contributed by atoms with Crippen LogP contribution in [-0.2, 0) is 11.8 Å². The minimum absolute atomic E-state index is 0.166. The van der Waals surface area contributed by atoms with E-state index in [1.54, 1.807) is 26.3 Å². The van der Waals surface area contributed by atoms with Crippen molar-refractivity contribution in [2.75, 3.05) is 19.0 Å². The van der Waals surface area contributed by atoms with E-state index in [2.05, 4.69) is 15.7 Å². The predicted octanol–water partition coefficient (Wildman–Crippen LogP) is 1.80. The van der Waals surface area contributed by atoms with Crippen LogP contribution < -0.4 is 15.4 Å². The predicted molar refractivity (Wildman–Crippen MR) is 91.3 cm³/mol. The Balaban J connectivity index is 1.87. The Labute approximate surface area is 141 Å². The fourth-order valence-electron chi connectivity index (χ4n) is 2.34. The highest BCUT2D eigenvalue weighted by atomic mass is 16.5. The number of benzene rings is 1. The van der Waals surface area contributed by atoms with Crippen LogP contribution in [0.3, 0.4) is 0 Å². The molecule has 0 aliphatic carbocycles. The second-order valence-corrected chi connectivity index (χ2v) is 5.55. The third-order valence-electron chi connectivity index (χ3n) is 3.50. The van der Waals surface area contributed by atoms with E-state index < -0.39 is 0 Å². The first kappa shape index (κ1) is 17.5. The van der Waals surface area contributed by atoms with Gasteiger partial charge < -0.3 is 15.4 Å². The first-order valence-corrected chi connectivity index (χ1v) is 7.64. The number of carbonyl (C=O) groups excluding carboxylic acids is 2. The van der Waals surface area contributed by atoms with Gasteiger partial charge in [-0.3, -0.25) is 14.3 Å². The highest BCUT2D eigenvalue weighted by Crippen LogP contribution is 2.25. The highest BCUT2D eigenvalue weighted by Gasteiger charge is 2.12. The number of methoxy groups -OCH3 is 1. The Morgan fingerprint density at radius 2 is 2.00 bits per heavy atom. The molecule has 0 atom stereocenters. The molecule has 0 aliphatic heterocycles. The maximum atomic E-state index is 12.0. The Kier molecular flexibility index (Phi) is 5.57. The molecule has 0 radical (unpaired) electrons. The Bertz CT molecular complexity index is 752. The summed E-state index contributed by atoms with van der Waals surface area (Å²) in [6.07, 6.45) is 0.166. The summed E-state index contributed by atoms with van der Waals surface area (Å²) in [4.78, 5) is 24.1. The second kappa shape index (κ2) is 7.63. The van der Waals surface area contributed by atoms with Crippen LogP contribution in [0, 0.1) is 13.8 Å². The molecule has 0 aliphatic rings. The number of anilines is 1. The molecule has 128 valence electrons. The van der Waals surface area contributed by atoms with E-state index in [9.17, 15) is 9.59 Å². The van der Waals surface area contributed by atoms with Gasteiger partial charge in [0.15, 0.2) is 0 Å². The number of nitrogens with one attached hydrogen (secondary N) is 2. The van der Waals surface area contributed by atoms with Crippen molar-refractivity contribution in [1.29, 1.82) is 0 Å². The number of carbonyl (C=O) groups is 2. The maximum Gasteiger partial charge on any atom is 0.269 e. The zero-order valence-electron chi connectivity index (χ0n) is 14.3. The van der Waals surface area contributed by atoms with Crippen molar-refractivity contribution in [3.63, 3.8) is 0 Å². The molecule has 0 saturated carbocycles. The van der Waals surface area contributed by atoms with Crippen molar-refractivity contribution < 1.29 is 14.3 Å². The lowest BCUT2D eigenvalue weighted by atomic mass is 10.2. The molecule has 1 aromatic heterocycles. The fraction of sp³-hybridized carbons (Fsp3) is 0.353. The molecule has 0 saturated heterocycles. The lowest BCUT2D eigenvalue weighted by Crippen LogP contribution is -2.29. The zero-order valence-corrected chi connectivity index (χ0v) is 14.3. The minimum Gasteiger partial charge on any atom is -0.495 e. The molecule has 2 rings (SSSR count). The molecule has 1 heterocycles. The van der Waals surface area contributed by atoms with Crippen molar-refractivity contribution in [3.05, 3.63) is 41.2 Å². The molecule has 0 fully saturated rings. The van der Waals surface area contributed by atoms with Crippen LogP contribution >= 0.6 is 0 Å². The first-order chi connectivity index (χ1) is 11.4. The molecule has 7 heteroatoms. The fourth-order valence-corrected chi connectivity index (χ4v) is 2.34. The van der Waals surface area contributed by atoms with Gasteiger partial charge in [-0.1, -0.05) is 6.07 Å². The van der Waals surface area contributed by atoms with Crippen LogP contribution in [0.4, 0.5) is 5.69 Å². The Hall–Kier alpha value is -2.83. The number of hydrogen-bond acceptors (Lipinski definition) is 4. The number of hydrogen-bond donors (Lipinski definition) is 2. The second-order valence-electron chi connectivity index (χ2n) is 5.55. The third kappa shape index (κ3) is 4.34. The van der Waals surface area contributed by atoms with Gasteiger partial charge in [0.05, 0.1) is 18.5 Å². The molecule has 0 unspecified atom stereocenters. The molecule has 0 spiro atoms. The van der Waals surface area contributed by atoms with Gasteiger partial charge in [-0.05, 0) is 37.6 Å². The first-order valence-electron chi connectivity index (χ1n) is 7.64. The number of nitrogens with zero attached hydrogens (tertiary/aromatic N) is 2. The van der Waals surface area contributed by atoms with Gasteiger partial charge in [0.2, 0.25) is 5.91 Å². The summed E-state index contributed by atoms with van der Waals surface area (Å²) < 4.78 is 6.74. The van der Waals surface area contributed by atoms with E-state index >= 15 is 0 Å². The Morgan fingerprint density at radius 1 is 1.25 bits per heavy atom. The van der Waals surface area contributed by atoms with Crippen LogP contribution in [-0.4, -0.2) is 35.2 Å². The highest BCUT2D eigenvalue weighted by molar-refractivity contribution is 5.94. The van der Waals surface area contributed by atoms with Crippen molar-refractivity contribution >= 4 is 17.5 Å². The lowest BCUT2D eigenvalue weighted by molar-refractivity contribution is -0.116. The number of rotatable bonds is 6. The summed E-state index contributed by atoms with van der Waals surface area (Å²) in [7, 11) is 3.26. The topological polar surface area (TPSA) is 85.2 Å². The molecular weight excluding hydrogens is 308 g/mol. The van der Waals surface area contributed by atoms with Gasteiger partial charge in [0.1, 0.15) is 11.4 Å². The van der Waals surface area contributed by atoms with Gasteiger partial charge in [0.25, 0.3) is 5.91 Å². The quantitative estimate of drug-likeness (QED) is 0.846. The van der Waals surface area contributed by atoms with E-state index in [0.29, 0.717) is 17.1 Å². The largest absolute Gasteiger partial charge is 0.495 e. The van der Waals surface area contributed by atoms with Crippen molar-refractivity contribution in [2.45, 2.75) is 20.3 Å². The van der Waals surface area contributed by atoms with Crippen LogP contribution in [0.15, 0.2) is 24.3 Å². The summed E-state index contributed by atoms with van der Waals surface area (Å²) in [6, 6.07) is 7.25. The normalized spacial score (nSPS) is 10.3.